The summed E-state index contributed by atoms with van der Waals surface area (Å²) < 4.78 is 16.9. The zero-order valence-electron chi connectivity index (χ0n) is 16.8. The summed E-state index contributed by atoms with van der Waals surface area (Å²) in [5.41, 5.74) is 4.56. The molecule has 1 amide bonds. The number of anilines is 1. The molecule has 0 spiro atoms. The van der Waals surface area contributed by atoms with Crippen LogP contribution in [0.25, 0.3) is 0 Å². The van der Waals surface area contributed by atoms with Crippen LogP contribution in [0, 0.1) is 0 Å². The largest absolute Gasteiger partial charge is 0.497 e. The molecule has 1 fully saturated rings. The van der Waals surface area contributed by atoms with Gasteiger partial charge in [-0.3, -0.25) is 4.79 Å². The third-order valence-corrected chi connectivity index (χ3v) is 6.16. The summed E-state index contributed by atoms with van der Waals surface area (Å²) in [4.78, 5) is 17.4. The van der Waals surface area contributed by atoms with Crippen molar-refractivity contribution >= 4 is 11.6 Å². The Morgan fingerprint density at radius 3 is 2.55 bits per heavy atom. The van der Waals surface area contributed by atoms with Crippen LogP contribution in [0.2, 0.25) is 0 Å². The summed E-state index contributed by atoms with van der Waals surface area (Å²) >= 11 is 0. The summed E-state index contributed by atoms with van der Waals surface area (Å²) in [7, 11) is 1.67. The first-order valence-electron chi connectivity index (χ1n) is 10.3. The van der Waals surface area contributed by atoms with Gasteiger partial charge in [0.05, 0.1) is 26.7 Å². The Morgan fingerprint density at radius 1 is 1.03 bits per heavy atom. The SMILES string of the molecule is COc1ccc(N2CCN(C(=O)Cc3c4c(cc5c3OCC5)OCC4)CC2)cc1. The van der Waals surface area contributed by atoms with Gasteiger partial charge in [0.2, 0.25) is 5.91 Å². The van der Waals surface area contributed by atoms with Crippen molar-refractivity contribution in [1.29, 1.82) is 0 Å². The zero-order valence-corrected chi connectivity index (χ0v) is 16.8. The lowest BCUT2D eigenvalue weighted by molar-refractivity contribution is -0.130. The first kappa shape index (κ1) is 18.2. The number of methoxy groups -OCH3 is 1. The predicted octanol–water partition coefficient (Wildman–Crippen LogP) is 2.46. The Bertz CT molecular complexity index is 885. The first-order chi connectivity index (χ1) is 14.2. The van der Waals surface area contributed by atoms with E-state index in [1.807, 2.05) is 17.0 Å². The molecule has 3 aliphatic heterocycles. The molecule has 0 radical (unpaired) electrons. The van der Waals surface area contributed by atoms with Gasteiger partial charge in [0.15, 0.2) is 0 Å². The van der Waals surface area contributed by atoms with Gasteiger partial charge < -0.3 is 24.0 Å². The van der Waals surface area contributed by atoms with Gasteiger partial charge in [-0.15, -0.1) is 0 Å². The van der Waals surface area contributed by atoms with Crippen LogP contribution in [-0.2, 0) is 24.1 Å². The molecule has 2 aromatic carbocycles. The fraction of sp³-hybridized carbons (Fsp3) is 0.435. The van der Waals surface area contributed by atoms with E-state index in [0.717, 1.165) is 67.4 Å². The van der Waals surface area contributed by atoms with Crippen molar-refractivity contribution in [1.82, 2.24) is 4.90 Å². The van der Waals surface area contributed by atoms with Gasteiger partial charge in [-0.25, -0.2) is 0 Å². The second-order valence-corrected chi connectivity index (χ2v) is 7.76. The molecule has 0 aromatic heterocycles. The Hall–Kier alpha value is -2.89. The second-order valence-electron chi connectivity index (χ2n) is 7.76. The van der Waals surface area contributed by atoms with Gasteiger partial charge in [0, 0.05) is 61.4 Å². The number of hydrogen-bond acceptors (Lipinski definition) is 5. The van der Waals surface area contributed by atoms with Crippen molar-refractivity contribution in [2.24, 2.45) is 0 Å². The van der Waals surface area contributed by atoms with E-state index < -0.39 is 0 Å². The van der Waals surface area contributed by atoms with Gasteiger partial charge in [-0.05, 0) is 30.3 Å². The molecule has 0 saturated carbocycles. The molecule has 0 unspecified atom stereocenters. The normalized spacial score (nSPS) is 17.4. The predicted molar refractivity (Wildman–Crippen MR) is 110 cm³/mol. The topological polar surface area (TPSA) is 51.2 Å². The number of carbonyl (C=O) groups is 1. The molecule has 5 rings (SSSR count). The number of hydrogen-bond donors (Lipinski definition) is 0. The summed E-state index contributed by atoms with van der Waals surface area (Å²) in [5, 5.41) is 0. The molecule has 3 aliphatic rings. The van der Waals surface area contributed by atoms with Crippen LogP contribution in [0.1, 0.15) is 16.7 Å². The zero-order chi connectivity index (χ0) is 19.8. The van der Waals surface area contributed by atoms with Crippen molar-refractivity contribution in [3.8, 4) is 17.2 Å². The van der Waals surface area contributed by atoms with E-state index in [-0.39, 0.29) is 5.91 Å². The van der Waals surface area contributed by atoms with E-state index >= 15 is 0 Å². The number of fused-ring (bicyclic) bond motifs is 2. The van der Waals surface area contributed by atoms with E-state index in [4.69, 9.17) is 14.2 Å². The summed E-state index contributed by atoms with van der Waals surface area (Å²) in [6.45, 7) is 4.53. The maximum atomic E-state index is 13.1. The van der Waals surface area contributed by atoms with Crippen LogP contribution in [0.5, 0.6) is 17.2 Å². The van der Waals surface area contributed by atoms with Crippen LogP contribution in [0.4, 0.5) is 5.69 Å². The molecule has 6 heteroatoms. The van der Waals surface area contributed by atoms with Crippen LogP contribution in [0.3, 0.4) is 0 Å². The van der Waals surface area contributed by atoms with E-state index in [9.17, 15) is 4.79 Å². The molecule has 2 aromatic rings. The number of ether oxygens (including phenoxy) is 3. The second kappa shape index (κ2) is 7.50. The molecule has 1 saturated heterocycles. The third kappa shape index (κ3) is 3.37. The Kier molecular flexibility index (Phi) is 4.70. The molecule has 152 valence electrons. The average Bonchev–Trinajstić information content (AvgIpc) is 3.43. The summed E-state index contributed by atoms with van der Waals surface area (Å²) in [6, 6.07) is 10.2. The van der Waals surface area contributed by atoms with Gasteiger partial charge in [-0.2, -0.15) is 0 Å². The highest BCUT2D eigenvalue weighted by Gasteiger charge is 2.29. The van der Waals surface area contributed by atoms with Crippen molar-refractivity contribution in [3.05, 3.63) is 47.0 Å². The summed E-state index contributed by atoms with van der Waals surface area (Å²) in [6.07, 6.45) is 2.16. The highest BCUT2D eigenvalue weighted by molar-refractivity contribution is 5.81. The molecule has 0 bridgehead atoms. The van der Waals surface area contributed by atoms with Crippen LogP contribution in [0.15, 0.2) is 30.3 Å². The molecule has 0 aliphatic carbocycles. The highest BCUT2D eigenvalue weighted by atomic mass is 16.5. The van der Waals surface area contributed by atoms with E-state index in [0.29, 0.717) is 19.6 Å². The van der Waals surface area contributed by atoms with Crippen molar-refractivity contribution < 1.29 is 19.0 Å². The van der Waals surface area contributed by atoms with Crippen molar-refractivity contribution in [2.75, 3.05) is 51.4 Å². The number of benzene rings is 2. The number of piperazine rings is 1. The molecule has 0 atom stereocenters. The van der Waals surface area contributed by atoms with Gasteiger partial charge >= 0.3 is 0 Å². The van der Waals surface area contributed by atoms with E-state index in [2.05, 4.69) is 23.1 Å². The Labute approximate surface area is 171 Å². The average molecular weight is 394 g/mol. The molecule has 6 nitrogen and oxygen atoms in total. The van der Waals surface area contributed by atoms with Crippen molar-refractivity contribution in [3.63, 3.8) is 0 Å². The highest BCUT2D eigenvalue weighted by Crippen LogP contribution is 2.41. The third-order valence-electron chi connectivity index (χ3n) is 6.16. The van der Waals surface area contributed by atoms with Gasteiger partial charge in [-0.1, -0.05) is 0 Å². The number of amides is 1. The van der Waals surface area contributed by atoms with Crippen molar-refractivity contribution in [2.45, 2.75) is 19.3 Å². The van der Waals surface area contributed by atoms with E-state index in [1.165, 1.54) is 11.3 Å². The number of carbonyl (C=O) groups excluding carboxylic acids is 1. The van der Waals surface area contributed by atoms with Crippen LogP contribution >= 0.6 is 0 Å². The first-order valence-corrected chi connectivity index (χ1v) is 10.3. The summed E-state index contributed by atoms with van der Waals surface area (Å²) in [5.74, 6) is 2.91. The lowest BCUT2D eigenvalue weighted by Crippen LogP contribution is -2.49. The standard InChI is InChI=1S/C23H26N2O4/c1-27-18-4-2-17(3-5-18)24-8-10-25(11-9-24)22(26)15-20-19-7-13-28-21(19)14-16-6-12-29-23(16)20/h2-5,14H,6-13,15H2,1H3. The Balaban J connectivity index is 1.26. The lowest BCUT2D eigenvalue weighted by Gasteiger charge is -2.36. The minimum atomic E-state index is 0.178. The van der Waals surface area contributed by atoms with Gasteiger partial charge in [0.1, 0.15) is 17.2 Å². The smallest absolute Gasteiger partial charge is 0.227 e. The molecule has 3 heterocycles. The number of nitrogens with zero attached hydrogens (tertiary/aromatic N) is 2. The molecular weight excluding hydrogens is 368 g/mol. The molecule has 0 N–H and O–H groups in total. The minimum absolute atomic E-state index is 0.178. The maximum Gasteiger partial charge on any atom is 0.227 e. The monoisotopic (exact) mass is 394 g/mol. The van der Waals surface area contributed by atoms with Gasteiger partial charge in [0.25, 0.3) is 0 Å². The fourth-order valence-electron chi connectivity index (χ4n) is 4.54. The minimum Gasteiger partial charge on any atom is -0.497 e. The van der Waals surface area contributed by atoms with Crippen LogP contribution in [-0.4, -0.2) is 57.3 Å². The molecular formula is C23H26N2O4. The Morgan fingerprint density at radius 2 is 1.79 bits per heavy atom. The fourth-order valence-corrected chi connectivity index (χ4v) is 4.54. The molecule has 29 heavy (non-hydrogen) atoms. The van der Waals surface area contributed by atoms with Crippen LogP contribution < -0.4 is 19.1 Å². The lowest BCUT2D eigenvalue weighted by atomic mass is 9.96. The number of rotatable bonds is 4. The quantitative estimate of drug-likeness (QED) is 0.797. The van der Waals surface area contributed by atoms with E-state index in [1.54, 1.807) is 7.11 Å². The maximum absolute atomic E-state index is 13.1.